The average Bonchev–Trinajstić information content (AvgIpc) is 3.24. The molecule has 20 heavy (non-hydrogen) atoms. The van der Waals surface area contributed by atoms with Crippen molar-refractivity contribution < 1.29 is 9.53 Å². The van der Waals surface area contributed by atoms with Crippen LogP contribution in [-0.2, 0) is 9.53 Å². The molecule has 0 saturated heterocycles. The molecule has 1 aromatic heterocycles. The highest BCUT2D eigenvalue weighted by Gasteiger charge is 2.38. The number of hydrogen-bond donors (Lipinski definition) is 1. The number of rotatable bonds is 7. The van der Waals surface area contributed by atoms with E-state index in [1.165, 1.54) is 7.11 Å². The molecule has 0 bridgehead atoms. The summed E-state index contributed by atoms with van der Waals surface area (Å²) in [6, 6.07) is 0.458. The van der Waals surface area contributed by atoms with Gasteiger partial charge in [-0.3, -0.25) is 10.1 Å². The second-order valence-corrected chi connectivity index (χ2v) is 6.45. The van der Waals surface area contributed by atoms with Gasteiger partial charge < -0.3 is 4.74 Å². The molecular formula is C14H21N3O2S. The molecule has 1 atom stereocenters. The summed E-state index contributed by atoms with van der Waals surface area (Å²) in [5.74, 6) is 0.573. The lowest BCUT2D eigenvalue weighted by atomic mass is 9.99. The first-order chi connectivity index (χ1) is 9.53. The molecule has 1 N–H and O–H groups in total. The van der Waals surface area contributed by atoms with Gasteiger partial charge in [-0.15, -0.1) is 0 Å². The van der Waals surface area contributed by atoms with Crippen molar-refractivity contribution in [3.05, 3.63) is 18.0 Å². The predicted molar refractivity (Wildman–Crippen MR) is 78.7 cm³/mol. The second-order valence-electron chi connectivity index (χ2n) is 5.38. The Morgan fingerprint density at radius 1 is 1.50 bits per heavy atom. The number of aromatic nitrogens is 2. The summed E-state index contributed by atoms with van der Waals surface area (Å²) < 4.78 is 4.92. The van der Waals surface area contributed by atoms with Gasteiger partial charge in [0.05, 0.1) is 7.11 Å². The average molecular weight is 295 g/mol. The first kappa shape index (κ1) is 15.3. The number of carbonyl (C=O) groups is 1. The van der Waals surface area contributed by atoms with E-state index in [9.17, 15) is 4.79 Å². The van der Waals surface area contributed by atoms with E-state index in [0.717, 1.165) is 29.3 Å². The normalized spacial score (nSPS) is 17.6. The van der Waals surface area contributed by atoms with E-state index in [1.807, 2.05) is 13.8 Å². The molecule has 0 spiro atoms. The van der Waals surface area contributed by atoms with Crippen LogP contribution in [0.5, 0.6) is 0 Å². The molecule has 1 aliphatic carbocycles. The van der Waals surface area contributed by atoms with Crippen LogP contribution in [0.25, 0.3) is 0 Å². The molecular weight excluding hydrogens is 274 g/mol. The molecule has 0 aromatic carbocycles. The molecule has 2 rings (SSSR count). The van der Waals surface area contributed by atoms with Gasteiger partial charge >= 0.3 is 5.97 Å². The highest BCUT2D eigenvalue weighted by atomic mass is 32.2. The van der Waals surface area contributed by atoms with Crippen molar-refractivity contribution in [2.45, 2.75) is 49.8 Å². The fourth-order valence-electron chi connectivity index (χ4n) is 1.94. The zero-order valence-corrected chi connectivity index (χ0v) is 13.0. The summed E-state index contributed by atoms with van der Waals surface area (Å²) in [6.07, 6.45) is 6.58. The lowest BCUT2D eigenvalue weighted by molar-refractivity contribution is -0.148. The van der Waals surface area contributed by atoms with Gasteiger partial charge in [-0.25, -0.2) is 9.97 Å². The Morgan fingerprint density at radius 3 is 2.70 bits per heavy atom. The fourth-order valence-corrected chi connectivity index (χ4v) is 2.89. The number of hydrogen-bond acceptors (Lipinski definition) is 6. The van der Waals surface area contributed by atoms with Gasteiger partial charge in [0.25, 0.3) is 0 Å². The van der Waals surface area contributed by atoms with Crippen molar-refractivity contribution in [1.29, 1.82) is 0 Å². The van der Waals surface area contributed by atoms with Gasteiger partial charge in [0.15, 0.2) is 5.16 Å². The fraction of sp³-hybridized carbons (Fsp3) is 0.643. The van der Waals surface area contributed by atoms with Gasteiger partial charge in [0.1, 0.15) is 5.54 Å². The molecule has 1 unspecified atom stereocenters. The SMILES string of the molecule is COC(=O)C(C)(CCSc1ncc(C)cn1)NC1CC1. The van der Waals surface area contributed by atoms with E-state index in [2.05, 4.69) is 15.3 Å². The van der Waals surface area contributed by atoms with Crippen molar-refractivity contribution in [3.63, 3.8) is 0 Å². The molecule has 5 nitrogen and oxygen atoms in total. The summed E-state index contributed by atoms with van der Waals surface area (Å²) in [5.41, 5.74) is 0.428. The summed E-state index contributed by atoms with van der Waals surface area (Å²) in [6.45, 7) is 3.87. The Balaban J connectivity index is 1.87. The number of nitrogens with one attached hydrogen (secondary N) is 1. The van der Waals surface area contributed by atoms with E-state index >= 15 is 0 Å². The number of esters is 1. The lowest BCUT2D eigenvalue weighted by Gasteiger charge is -2.27. The van der Waals surface area contributed by atoms with Gasteiger partial charge in [-0.1, -0.05) is 11.8 Å². The zero-order chi connectivity index (χ0) is 14.6. The third-order valence-corrected chi connectivity index (χ3v) is 4.20. The van der Waals surface area contributed by atoms with E-state index in [1.54, 1.807) is 24.2 Å². The van der Waals surface area contributed by atoms with Crippen molar-refractivity contribution in [2.24, 2.45) is 0 Å². The minimum Gasteiger partial charge on any atom is -0.468 e. The Morgan fingerprint density at radius 2 is 2.15 bits per heavy atom. The van der Waals surface area contributed by atoms with Crippen LogP contribution in [0.3, 0.4) is 0 Å². The largest absolute Gasteiger partial charge is 0.468 e. The maximum absolute atomic E-state index is 12.0. The molecule has 0 radical (unpaired) electrons. The summed E-state index contributed by atoms with van der Waals surface area (Å²) >= 11 is 1.56. The highest BCUT2D eigenvalue weighted by molar-refractivity contribution is 7.99. The van der Waals surface area contributed by atoms with Crippen LogP contribution in [0.15, 0.2) is 17.6 Å². The Bertz CT molecular complexity index is 462. The number of methoxy groups -OCH3 is 1. The van der Waals surface area contributed by atoms with Gasteiger partial charge in [-0.05, 0) is 38.7 Å². The third kappa shape index (κ3) is 4.18. The van der Waals surface area contributed by atoms with Crippen LogP contribution in [0.4, 0.5) is 0 Å². The van der Waals surface area contributed by atoms with Gasteiger partial charge in [-0.2, -0.15) is 0 Å². The van der Waals surface area contributed by atoms with Gasteiger partial charge in [0.2, 0.25) is 0 Å². The highest BCUT2D eigenvalue weighted by Crippen LogP contribution is 2.26. The van der Waals surface area contributed by atoms with Crippen molar-refractivity contribution in [1.82, 2.24) is 15.3 Å². The maximum Gasteiger partial charge on any atom is 0.325 e. The molecule has 1 aromatic rings. The van der Waals surface area contributed by atoms with Crippen LogP contribution < -0.4 is 5.32 Å². The van der Waals surface area contributed by atoms with Crippen LogP contribution in [0.1, 0.15) is 31.7 Å². The van der Waals surface area contributed by atoms with Gasteiger partial charge in [0, 0.05) is 24.2 Å². The second kappa shape index (κ2) is 6.54. The zero-order valence-electron chi connectivity index (χ0n) is 12.2. The van der Waals surface area contributed by atoms with Crippen LogP contribution in [-0.4, -0.2) is 40.4 Å². The number of aryl methyl sites for hydroxylation is 1. The quantitative estimate of drug-likeness (QED) is 0.471. The lowest BCUT2D eigenvalue weighted by Crippen LogP contribution is -2.51. The number of ether oxygens (including phenoxy) is 1. The molecule has 1 fully saturated rings. The number of carbonyl (C=O) groups excluding carboxylic acids is 1. The Hall–Kier alpha value is -1.14. The molecule has 1 saturated carbocycles. The summed E-state index contributed by atoms with van der Waals surface area (Å²) in [7, 11) is 1.44. The topological polar surface area (TPSA) is 64.1 Å². The summed E-state index contributed by atoms with van der Waals surface area (Å²) in [5, 5.41) is 4.13. The van der Waals surface area contributed by atoms with Crippen molar-refractivity contribution >= 4 is 17.7 Å². The van der Waals surface area contributed by atoms with Crippen LogP contribution in [0, 0.1) is 6.92 Å². The van der Waals surface area contributed by atoms with E-state index in [4.69, 9.17) is 4.74 Å². The number of thioether (sulfide) groups is 1. The molecule has 0 amide bonds. The molecule has 1 aliphatic rings. The first-order valence-electron chi connectivity index (χ1n) is 6.81. The molecule has 6 heteroatoms. The monoisotopic (exact) mass is 295 g/mol. The van der Waals surface area contributed by atoms with E-state index in [0.29, 0.717) is 12.5 Å². The molecule has 1 heterocycles. The summed E-state index contributed by atoms with van der Waals surface area (Å²) in [4.78, 5) is 20.5. The standard InChI is InChI=1S/C14H21N3O2S/c1-10-8-15-13(16-9-10)20-7-6-14(2,12(18)19-3)17-11-4-5-11/h8-9,11,17H,4-7H2,1-3H3. The minimum atomic E-state index is -0.617. The Kier molecular flexibility index (Phi) is 4.99. The predicted octanol–water partition coefficient (Wildman–Crippen LogP) is 1.95. The maximum atomic E-state index is 12.0. The molecule has 110 valence electrons. The first-order valence-corrected chi connectivity index (χ1v) is 7.79. The van der Waals surface area contributed by atoms with E-state index < -0.39 is 5.54 Å². The van der Waals surface area contributed by atoms with Crippen molar-refractivity contribution in [3.8, 4) is 0 Å². The van der Waals surface area contributed by atoms with Crippen molar-refractivity contribution in [2.75, 3.05) is 12.9 Å². The van der Waals surface area contributed by atoms with Crippen LogP contribution >= 0.6 is 11.8 Å². The molecule has 0 aliphatic heterocycles. The Labute approximate surface area is 123 Å². The van der Waals surface area contributed by atoms with E-state index in [-0.39, 0.29) is 5.97 Å². The third-order valence-electron chi connectivity index (χ3n) is 3.33. The number of nitrogens with zero attached hydrogens (tertiary/aromatic N) is 2. The minimum absolute atomic E-state index is 0.199. The van der Waals surface area contributed by atoms with Crippen LogP contribution in [0.2, 0.25) is 0 Å². The smallest absolute Gasteiger partial charge is 0.325 e.